The first-order valence-electron chi connectivity index (χ1n) is 12.1. The molecule has 2 saturated heterocycles. The highest BCUT2D eigenvalue weighted by Gasteiger charge is 2.41. The van der Waals surface area contributed by atoms with E-state index >= 15 is 0 Å². The zero-order valence-corrected chi connectivity index (χ0v) is 20.6. The Morgan fingerprint density at radius 2 is 1.68 bits per heavy atom. The van der Waals surface area contributed by atoms with Gasteiger partial charge in [-0.05, 0) is 74.6 Å². The zero-order chi connectivity index (χ0) is 24.0. The molecule has 0 aliphatic carbocycles. The number of piperidine rings is 2. The van der Waals surface area contributed by atoms with Crippen molar-refractivity contribution in [3.05, 3.63) is 59.1 Å². The molecule has 2 aromatic carbocycles. The number of ether oxygens (including phenoxy) is 2. The van der Waals surface area contributed by atoms with Gasteiger partial charge in [0.05, 0.1) is 13.7 Å². The first-order valence-corrected chi connectivity index (χ1v) is 12.5. The molecule has 7 heteroatoms. The third kappa shape index (κ3) is 6.03. The van der Waals surface area contributed by atoms with Crippen LogP contribution in [-0.4, -0.2) is 61.5 Å². The van der Waals surface area contributed by atoms with Gasteiger partial charge in [-0.25, -0.2) is 0 Å². The highest BCUT2D eigenvalue weighted by Crippen LogP contribution is 2.36. The van der Waals surface area contributed by atoms with Crippen LogP contribution in [0.1, 0.15) is 48.9 Å². The maximum Gasteiger partial charge on any atom is 0.254 e. The predicted molar refractivity (Wildman–Crippen MR) is 133 cm³/mol. The predicted octanol–water partition coefficient (Wildman–Crippen LogP) is 5.05. The number of halogens is 1. The van der Waals surface area contributed by atoms with E-state index < -0.39 is 5.41 Å². The second-order valence-electron chi connectivity index (χ2n) is 9.42. The molecule has 2 amide bonds. The SMILES string of the molecule is COc1cccc(C(=O)N2CCCC(COc3ccc(Cl)cc3)(CC(=O)N3CCCCC3)C2)c1. The molecular formula is C27H33ClN2O4. The number of carbonyl (C=O) groups excluding carboxylic acids is 2. The summed E-state index contributed by atoms with van der Waals surface area (Å²) < 4.78 is 11.5. The lowest BCUT2D eigenvalue weighted by atomic mass is 9.77. The molecule has 0 N–H and O–H groups in total. The summed E-state index contributed by atoms with van der Waals surface area (Å²) in [5.41, 5.74) is 0.150. The highest BCUT2D eigenvalue weighted by atomic mass is 35.5. The number of benzene rings is 2. The molecule has 6 nitrogen and oxygen atoms in total. The number of hydrogen-bond acceptors (Lipinski definition) is 4. The van der Waals surface area contributed by atoms with Crippen LogP contribution in [0.4, 0.5) is 0 Å². The topological polar surface area (TPSA) is 59.1 Å². The molecule has 34 heavy (non-hydrogen) atoms. The van der Waals surface area contributed by atoms with E-state index in [1.54, 1.807) is 25.3 Å². The Labute approximate surface area is 206 Å². The van der Waals surface area contributed by atoms with Gasteiger partial charge < -0.3 is 19.3 Å². The van der Waals surface area contributed by atoms with E-state index in [-0.39, 0.29) is 11.8 Å². The molecule has 1 unspecified atom stereocenters. The number of amides is 2. The fourth-order valence-electron chi connectivity index (χ4n) is 4.98. The van der Waals surface area contributed by atoms with Gasteiger partial charge in [0.2, 0.25) is 5.91 Å². The summed E-state index contributed by atoms with van der Waals surface area (Å²) in [6.07, 6.45) is 5.33. The molecule has 2 aliphatic heterocycles. The first kappa shape index (κ1) is 24.4. The fraction of sp³-hybridized carbons (Fsp3) is 0.481. The molecule has 1 atom stereocenters. The summed E-state index contributed by atoms with van der Waals surface area (Å²) in [7, 11) is 1.59. The van der Waals surface area contributed by atoms with Crippen molar-refractivity contribution in [3.8, 4) is 11.5 Å². The second kappa shape index (κ2) is 11.1. The van der Waals surface area contributed by atoms with Gasteiger partial charge in [-0.15, -0.1) is 0 Å². The van der Waals surface area contributed by atoms with Crippen LogP contribution in [-0.2, 0) is 4.79 Å². The third-order valence-corrected chi connectivity index (χ3v) is 7.11. The van der Waals surface area contributed by atoms with Crippen molar-refractivity contribution in [3.63, 3.8) is 0 Å². The number of nitrogens with zero attached hydrogens (tertiary/aromatic N) is 2. The monoisotopic (exact) mass is 484 g/mol. The van der Waals surface area contributed by atoms with E-state index in [0.717, 1.165) is 38.8 Å². The molecule has 0 spiro atoms. The maximum absolute atomic E-state index is 13.4. The number of rotatable bonds is 7. The minimum absolute atomic E-state index is 0.0418. The van der Waals surface area contributed by atoms with Gasteiger partial charge in [-0.2, -0.15) is 0 Å². The molecule has 0 aromatic heterocycles. The van der Waals surface area contributed by atoms with Gasteiger partial charge in [0.25, 0.3) is 5.91 Å². The first-order chi connectivity index (χ1) is 16.5. The summed E-state index contributed by atoms with van der Waals surface area (Å²) in [5, 5.41) is 0.648. The van der Waals surface area contributed by atoms with E-state index in [4.69, 9.17) is 21.1 Å². The normalized spacial score (nSPS) is 20.6. The van der Waals surface area contributed by atoms with Crippen molar-refractivity contribution in [2.24, 2.45) is 5.41 Å². The van der Waals surface area contributed by atoms with E-state index in [0.29, 0.717) is 48.2 Å². The van der Waals surface area contributed by atoms with E-state index in [1.165, 1.54) is 6.42 Å². The van der Waals surface area contributed by atoms with Gasteiger partial charge >= 0.3 is 0 Å². The number of hydrogen-bond donors (Lipinski definition) is 0. The molecule has 0 saturated carbocycles. The largest absolute Gasteiger partial charge is 0.497 e. The minimum atomic E-state index is -0.444. The average Bonchev–Trinajstić information content (AvgIpc) is 2.88. The van der Waals surface area contributed by atoms with Crippen molar-refractivity contribution in [2.75, 3.05) is 39.9 Å². The molecule has 2 heterocycles. The number of carbonyl (C=O) groups is 2. The average molecular weight is 485 g/mol. The molecule has 4 rings (SSSR count). The summed E-state index contributed by atoms with van der Waals surface area (Å²) in [6, 6.07) is 14.5. The van der Waals surface area contributed by atoms with Gasteiger partial charge in [-0.1, -0.05) is 17.7 Å². The summed E-state index contributed by atoms with van der Waals surface area (Å²) in [4.78, 5) is 30.5. The number of likely N-dealkylation sites (tertiary alicyclic amines) is 2. The zero-order valence-electron chi connectivity index (χ0n) is 19.8. The van der Waals surface area contributed by atoms with Crippen LogP contribution in [0.5, 0.6) is 11.5 Å². The van der Waals surface area contributed by atoms with Gasteiger partial charge in [0, 0.05) is 48.6 Å². The molecule has 2 aliphatic rings. The molecule has 182 valence electrons. The Morgan fingerprint density at radius 3 is 2.41 bits per heavy atom. The van der Waals surface area contributed by atoms with E-state index in [1.807, 2.05) is 40.1 Å². The standard InChI is InChI=1S/C27H33ClN2O4/c1-33-24-8-5-7-21(17-24)26(32)30-16-6-13-27(19-30,18-25(31)29-14-3-2-4-15-29)20-34-23-11-9-22(28)10-12-23/h5,7-12,17H,2-4,6,13-16,18-20H2,1H3. The van der Waals surface area contributed by atoms with Crippen LogP contribution < -0.4 is 9.47 Å². The molecule has 0 radical (unpaired) electrons. The molecular weight excluding hydrogens is 452 g/mol. The maximum atomic E-state index is 13.4. The van der Waals surface area contributed by atoms with Gasteiger partial charge in [0.1, 0.15) is 11.5 Å². The lowest BCUT2D eigenvalue weighted by Gasteiger charge is -2.43. The lowest BCUT2D eigenvalue weighted by molar-refractivity contribution is -0.136. The van der Waals surface area contributed by atoms with Crippen LogP contribution in [0, 0.1) is 5.41 Å². The van der Waals surface area contributed by atoms with Gasteiger partial charge in [-0.3, -0.25) is 9.59 Å². The highest BCUT2D eigenvalue weighted by molar-refractivity contribution is 6.30. The van der Waals surface area contributed by atoms with Crippen LogP contribution in [0.25, 0.3) is 0 Å². The van der Waals surface area contributed by atoms with Crippen molar-refractivity contribution in [1.29, 1.82) is 0 Å². The van der Waals surface area contributed by atoms with Crippen molar-refractivity contribution < 1.29 is 19.1 Å². The van der Waals surface area contributed by atoms with Crippen LogP contribution in [0.3, 0.4) is 0 Å². The molecule has 2 aromatic rings. The molecule has 0 bridgehead atoms. The third-order valence-electron chi connectivity index (χ3n) is 6.86. The Balaban J connectivity index is 1.53. The summed E-state index contributed by atoms with van der Waals surface area (Å²) in [6.45, 7) is 3.15. The lowest BCUT2D eigenvalue weighted by Crippen LogP contribution is -2.51. The second-order valence-corrected chi connectivity index (χ2v) is 9.86. The van der Waals surface area contributed by atoms with Crippen molar-refractivity contribution in [1.82, 2.24) is 9.80 Å². The summed E-state index contributed by atoms with van der Waals surface area (Å²) in [5.74, 6) is 1.49. The van der Waals surface area contributed by atoms with Crippen LogP contribution in [0.15, 0.2) is 48.5 Å². The minimum Gasteiger partial charge on any atom is -0.497 e. The Bertz CT molecular complexity index is 990. The van der Waals surface area contributed by atoms with Crippen LogP contribution in [0.2, 0.25) is 5.02 Å². The van der Waals surface area contributed by atoms with Crippen molar-refractivity contribution in [2.45, 2.75) is 38.5 Å². The summed E-state index contributed by atoms with van der Waals surface area (Å²) >= 11 is 6.02. The Kier molecular flexibility index (Phi) is 7.99. The smallest absolute Gasteiger partial charge is 0.254 e. The molecule has 2 fully saturated rings. The Hall–Kier alpha value is -2.73. The fourth-order valence-corrected chi connectivity index (χ4v) is 5.10. The van der Waals surface area contributed by atoms with E-state index in [2.05, 4.69) is 0 Å². The quantitative estimate of drug-likeness (QED) is 0.551. The number of methoxy groups -OCH3 is 1. The van der Waals surface area contributed by atoms with Crippen molar-refractivity contribution >= 4 is 23.4 Å². The van der Waals surface area contributed by atoms with E-state index in [9.17, 15) is 9.59 Å². The van der Waals surface area contributed by atoms with Gasteiger partial charge in [0.15, 0.2) is 0 Å². The Morgan fingerprint density at radius 1 is 0.941 bits per heavy atom. The van der Waals surface area contributed by atoms with Crippen LogP contribution >= 0.6 is 11.6 Å².